The van der Waals surface area contributed by atoms with E-state index in [9.17, 15) is 4.79 Å². The molecule has 0 atom stereocenters. The standard InChI is InChI=1S/C11H20N4O/c1-4-8-7-13-15-10(8)14-9(16)5-6-11(2,3)12/h7H,4-6,12H2,1-3H3,(H2,13,14,15,16). The Morgan fingerprint density at radius 3 is 2.88 bits per heavy atom. The van der Waals surface area contributed by atoms with Gasteiger partial charge < -0.3 is 11.1 Å². The second-order valence-corrected chi connectivity index (χ2v) is 4.66. The summed E-state index contributed by atoms with van der Waals surface area (Å²) >= 11 is 0. The first-order valence-corrected chi connectivity index (χ1v) is 5.53. The van der Waals surface area contributed by atoms with Crippen LogP contribution in [-0.2, 0) is 11.2 Å². The van der Waals surface area contributed by atoms with Crippen molar-refractivity contribution in [3.8, 4) is 0 Å². The Labute approximate surface area is 95.8 Å². The predicted molar refractivity (Wildman–Crippen MR) is 64.1 cm³/mol. The van der Waals surface area contributed by atoms with E-state index in [1.807, 2.05) is 20.8 Å². The van der Waals surface area contributed by atoms with E-state index in [0.717, 1.165) is 12.0 Å². The summed E-state index contributed by atoms with van der Waals surface area (Å²) in [7, 11) is 0. The van der Waals surface area contributed by atoms with Crippen molar-refractivity contribution in [3.05, 3.63) is 11.8 Å². The van der Waals surface area contributed by atoms with Crippen molar-refractivity contribution >= 4 is 11.7 Å². The minimum Gasteiger partial charge on any atom is -0.326 e. The van der Waals surface area contributed by atoms with Crippen molar-refractivity contribution in [3.63, 3.8) is 0 Å². The molecule has 0 bridgehead atoms. The summed E-state index contributed by atoms with van der Waals surface area (Å²) in [5.41, 5.74) is 6.52. The molecule has 0 aliphatic heterocycles. The molecule has 16 heavy (non-hydrogen) atoms. The smallest absolute Gasteiger partial charge is 0.225 e. The number of H-pyrrole nitrogens is 1. The zero-order valence-electron chi connectivity index (χ0n) is 10.1. The number of carbonyl (C=O) groups excluding carboxylic acids is 1. The minimum absolute atomic E-state index is 0.0301. The highest BCUT2D eigenvalue weighted by atomic mass is 16.1. The van der Waals surface area contributed by atoms with Gasteiger partial charge in [0.25, 0.3) is 0 Å². The molecule has 1 rings (SSSR count). The van der Waals surface area contributed by atoms with Crippen LogP contribution < -0.4 is 11.1 Å². The van der Waals surface area contributed by atoms with Gasteiger partial charge in [0.1, 0.15) is 5.82 Å². The lowest BCUT2D eigenvalue weighted by Crippen LogP contribution is -2.33. The Bertz CT molecular complexity index is 351. The molecule has 0 aliphatic carbocycles. The summed E-state index contributed by atoms with van der Waals surface area (Å²) in [6.07, 6.45) is 3.65. The zero-order chi connectivity index (χ0) is 12.2. The van der Waals surface area contributed by atoms with Gasteiger partial charge in [-0.3, -0.25) is 9.89 Å². The van der Waals surface area contributed by atoms with E-state index in [0.29, 0.717) is 18.7 Å². The highest BCUT2D eigenvalue weighted by molar-refractivity contribution is 5.90. The number of aryl methyl sites for hydroxylation is 1. The summed E-state index contributed by atoms with van der Waals surface area (Å²) in [6, 6.07) is 0. The fourth-order valence-corrected chi connectivity index (χ4v) is 1.33. The molecule has 5 heteroatoms. The van der Waals surface area contributed by atoms with Crippen molar-refractivity contribution in [1.82, 2.24) is 10.2 Å². The maximum Gasteiger partial charge on any atom is 0.225 e. The number of amides is 1. The van der Waals surface area contributed by atoms with Crippen LogP contribution in [-0.4, -0.2) is 21.6 Å². The highest BCUT2D eigenvalue weighted by Crippen LogP contribution is 2.13. The Morgan fingerprint density at radius 1 is 1.62 bits per heavy atom. The lowest BCUT2D eigenvalue weighted by atomic mass is 10.00. The molecule has 1 aromatic rings. The third-order valence-corrected chi connectivity index (χ3v) is 2.36. The van der Waals surface area contributed by atoms with Crippen LogP contribution in [0.3, 0.4) is 0 Å². The average Bonchev–Trinajstić information content (AvgIpc) is 2.61. The topological polar surface area (TPSA) is 83.8 Å². The van der Waals surface area contributed by atoms with Crippen molar-refractivity contribution in [2.45, 2.75) is 45.6 Å². The Hall–Kier alpha value is -1.36. The normalized spacial score (nSPS) is 11.5. The third kappa shape index (κ3) is 4.02. The molecule has 0 saturated carbocycles. The number of nitrogens with zero attached hydrogens (tertiary/aromatic N) is 1. The van der Waals surface area contributed by atoms with Gasteiger partial charge in [0.05, 0.1) is 6.20 Å². The first kappa shape index (κ1) is 12.7. The first-order chi connectivity index (χ1) is 7.42. The van der Waals surface area contributed by atoms with Crippen LogP contribution in [0.25, 0.3) is 0 Å². The van der Waals surface area contributed by atoms with Crippen molar-refractivity contribution in [1.29, 1.82) is 0 Å². The lowest BCUT2D eigenvalue weighted by molar-refractivity contribution is -0.116. The molecule has 0 aliphatic rings. The highest BCUT2D eigenvalue weighted by Gasteiger charge is 2.14. The van der Waals surface area contributed by atoms with Crippen LogP contribution in [0.5, 0.6) is 0 Å². The average molecular weight is 224 g/mol. The molecule has 0 aromatic carbocycles. The lowest BCUT2D eigenvalue weighted by Gasteiger charge is -2.17. The number of nitrogens with two attached hydrogens (primary N) is 1. The number of nitrogens with one attached hydrogen (secondary N) is 2. The maximum atomic E-state index is 11.6. The molecule has 0 spiro atoms. The van der Waals surface area contributed by atoms with Gasteiger partial charge in [-0.25, -0.2) is 0 Å². The Kier molecular flexibility index (Phi) is 4.06. The van der Waals surface area contributed by atoms with Crippen molar-refractivity contribution < 1.29 is 4.79 Å². The molecule has 1 amide bonds. The van der Waals surface area contributed by atoms with Gasteiger partial charge in [-0.2, -0.15) is 5.10 Å². The van der Waals surface area contributed by atoms with E-state index in [1.54, 1.807) is 6.20 Å². The van der Waals surface area contributed by atoms with E-state index in [2.05, 4.69) is 15.5 Å². The molecule has 0 radical (unpaired) electrons. The zero-order valence-corrected chi connectivity index (χ0v) is 10.1. The Balaban J connectivity index is 2.46. The van der Waals surface area contributed by atoms with Gasteiger partial charge in [-0.1, -0.05) is 6.92 Å². The molecule has 5 nitrogen and oxygen atoms in total. The molecular formula is C11H20N4O. The molecule has 4 N–H and O–H groups in total. The van der Waals surface area contributed by atoms with Gasteiger partial charge >= 0.3 is 0 Å². The second kappa shape index (κ2) is 5.12. The third-order valence-electron chi connectivity index (χ3n) is 2.36. The van der Waals surface area contributed by atoms with Crippen LogP contribution in [0.4, 0.5) is 5.82 Å². The summed E-state index contributed by atoms with van der Waals surface area (Å²) in [5.74, 6) is 0.666. The second-order valence-electron chi connectivity index (χ2n) is 4.66. The van der Waals surface area contributed by atoms with E-state index < -0.39 is 0 Å². The number of hydrogen-bond donors (Lipinski definition) is 3. The number of aromatic amines is 1. The SMILES string of the molecule is CCc1cn[nH]c1NC(=O)CCC(C)(C)N. The van der Waals surface area contributed by atoms with Gasteiger partial charge in [-0.15, -0.1) is 0 Å². The minimum atomic E-state index is -0.307. The van der Waals surface area contributed by atoms with Gasteiger partial charge in [0, 0.05) is 17.5 Å². The van der Waals surface area contributed by atoms with Gasteiger partial charge in [-0.05, 0) is 26.7 Å². The van der Waals surface area contributed by atoms with Crippen molar-refractivity contribution in [2.24, 2.45) is 5.73 Å². The van der Waals surface area contributed by atoms with E-state index in [-0.39, 0.29) is 11.4 Å². The fourth-order valence-electron chi connectivity index (χ4n) is 1.33. The first-order valence-electron chi connectivity index (χ1n) is 5.53. The monoisotopic (exact) mass is 224 g/mol. The van der Waals surface area contributed by atoms with Crippen LogP contribution in [0, 0.1) is 0 Å². The number of hydrogen-bond acceptors (Lipinski definition) is 3. The maximum absolute atomic E-state index is 11.6. The largest absolute Gasteiger partial charge is 0.326 e. The quantitative estimate of drug-likeness (QED) is 0.707. The van der Waals surface area contributed by atoms with Gasteiger partial charge in [0.15, 0.2) is 0 Å². The number of carbonyl (C=O) groups is 1. The van der Waals surface area contributed by atoms with Crippen molar-refractivity contribution in [2.75, 3.05) is 5.32 Å². The molecule has 1 heterocycles. The summed E-state index contributed by atoms with van der Waals surface area (Å²) < 4.78 is 0. The van der Waals surface area contributed by atoms with Crippen LogP contribution in [0.1, 0.15) is 39.2 Å². The number of rotatable bonds is 5. The molecule has 0 unspecified atom stereocenters. The van der Waals surface area contributed by atoms with Crippen LogP contribution in [0.15, 0.2) is 6.20 Å². The summed E-state index contributed by atoms with van der Waals surface area (Å²) in [4.78, 5) is 11.6. The number of anilines is 1. The predicted octanol–water partition coefficient (Wildman–Crippen LogP) is 1.43. The molecule has 0 saturated heterocycles. The molecule has 1 aromatic heterocycles. The van der Waals surface area contributed by atoms with Crippen LogP contribution >= 0.6 is 0 Å². The van der Waals surface area contributed by atoms with E-state index >= 15 is 0 Å². The van der Waals surface area contributed by atoms with E-state index in [4.69, 9.17) is 5.73 Å². The van der Waals surface area contributed by atoms with Crippen LogP contribution in [0.2, 0.25) is 0 Å². The fraction of sp³-hybridized carbons (Fsp3) is 0.636. The summed E-state index contributed by atoms with van der Waals surface area (Å²) in [5, 5.41) is 9.46. The number of aromatic nitrogens is 2. The van der Waals surface area contributed by atoms with Gasteiger partial charge in [0.2, 0.25) is 5.91 Å². The molecule has 0 fully saturated rings. The molecule has 90 valence electrons. The summed E-state index contributed by atoms with van der Waals surface area (Å²) in [6.45, 7) is 5.84. The molecular weight excluding hydrogens is 204 g/mol. The Morgan fingerprint density at radius 2 is 2.31 bits per heavy atom. The van der Waals surface area contributed by atoms with E-state index in [1.165, 1.54) is 0 Å².